The Kier molecular flexibility index (Phi) is 6.92. The quantitative estimate of drug-likeness (QED) is 0.861. The van der Waals surface area contributed by atoms with E-state index in [1.54, 1.807) is 13.0 Å². The summed E-state index contributed by atoms with van der Waals surface area (Å²) >= 11 is 0. The van der Waals surface area contributed by atoms with Crippen LogP contribution in [-0.2, 0) is 11.2 Å². The maximum Gasteiger partial charge on any atom is 0.307 e. The van der Waals surface area contributed by atoms with E-state index in [1.165, 1.54) is 12.1 Å². The number of ether oxygens (including phenoxy) is 1. The third-order valence-corrected chi connectivity index (χ3v) is 1.68. The van der Waals surface area contributed by atoms with Gasteiger partial charge >= 0.3 is 5.97 Å². The molecule has 1 aromatic rings. The minimum absolute atomic E-state index is 0.0393. The summed E-state index contributed by atoms with van der Waals surface area (Å²) in [6, 6.07) is 4.26. The lowest BCUT2D eigenvalue weighted by Gasteiger charge is -2.08. The Morgan fingerprint density at radius 1 is 1.44 bits per heavy atom. The number of benzene rings is 1. The average molecular weight is 228 g/mol. The Balaban J connectivity index is 0.00000106. The standard InChI is InChI=1S/C10H11FO3.C2H6/c1-2-14-10-7(6-9(12)13)4-3-5-8(10)11;1-2/h3-5H,2,6H2,1H3,(H,12,13);1-2H3. The number of rotatable bonds is 4. The molecule has 0 atom stereocenters. The molecule has 0 aliphatic heterocycles. The van der Waals surface area contributed by atoms with Gasteiger partial charge in [-0.3, -0.25) is 4.79 Å². The van der Waals surface area contributed by atoms with E-state index in [0.29, 0.717) is 12.2 Å². The van der Waals surface area contributed by atoms with Gasteiger partial charge in [0.05, 0.1) is 13.0 Å². The zero-order chi connectivity index (χ0) is 12.6. The summed E-state index contributed by atoms with van der Waals surface area (Å²) in [7, 11) is 0. The van der Waals surface area contributed by atoms with Crippen molar-refractivity contribution in [3.05, 3.63) is 29.6 Å². The molecule has 0 fully saturated rings. The summed E-state index contributed by atoms with van der Waals surface area (Å²) in [6.45, 7) is 6.03. The van der Waals surface area contributed by atoms with E-state index in [-0.39, 0.29) is 12.2 Å². The number of hydrogen-bond donors (Lipinski definition) is 1. The molecular weight excluding hydrogens is 211 g/mol. The summed E-state index contributed by atoms with van der Waals surface area (Å²) < 4.78 is 18.2. The molecule has 0 radical (unpaired) electrons. The first kappa shape index (κ1) is 14.4. The average Bonchev–Trinajstić information content (AvgIpc) is 2.25. The van der Waals surface area contributed by atoms with Crippen molar-refractivity contribution in [1.29, 1.82) is 0 Å². The number of carboxylic acids is 1. The molecule has 1 N–H and O–H groups in total. The highest BCUT2D eigenvalue weighted by molar-refractivity contribution is 5.71. The first-order valence-electron chi connectivity index (χ1n) is 5.27. The predicted molar refractivity (Wildman–Crippen MR) is 60.3 cm³/mol. The number of halogens is 1. The fourth-order valence-electron chi connectivity index (χ4n) is 1.16. The van der Waals surface area contributed by atoms with Crippen LogP contribution in [0.25, 0.3) is 0 Å². The van der Waals surface area contributed by atoms with Gasteiger partial charge in [0.25, 0.3) is 0 Å². The van der Waals surface area contributed by atoms with Gasteiger partial charge in [0.2, 0.25) is 0 Å². The van der Waals surface area contributed by atoms with E-state index in [9.17, 15) is 9.18 Å². The maximum absolute atomic E-state index is 13.2. The van der Waals surface area contributed by atoms with Crippen molar-refractivity contribution in [3.63, 3.8) is 0 Å². The van der Waals surface area contributed by atoms with Crippen molar-refractivity contribution in [1.82, 2.24) is 0 Å². The fraction of sp³-hybridized carbons (Fsp3) is 0.417. The van der Waals surface area contributed by atoms with Crippen molar-refractivity contribution < 1.29 is 19.0 Å². The zero-order valence-corrected chi connectivity index (χ0v) is 9.79. The Morgan fingerprint density at radius 3 is 2.56 bits per heavy atom. The van der Waals surface area contributed by atoms with Crippen molar-refractivity contribution in [2.75, 3.05) is 6.61 Å². The molecule has 90 valence electrons. The van der Waals surface area contributed by atoms with E-state index in [2.05, 4.69) is 0 Å². The van der Waals surface area contributed by atoms with E-state index in [1.807, 2.05) is 13.8 Å². The second kappa shape index (κ2) is 7.68. The molecule has 3 nitrogen and oxygen atoms in total. The Morgan fingerprint density at radius 2 is 2.06 bits per heavy atom. The van der Waals surface area contributed by atoms with Crippen LogP contribution in [-0.4, -0.2) is 17.7 Å². The summed E-state index contributed by atoms with van der Waals surface area (Å²) in [4.78, 5) is 10.5. The van der Waals surface area contributed by atoms with Crippen LogP contribution in [0.2, 0.25) is 0 Å². The van der Waals surface area contributed by atoms with Crippen LogP contribution in [0.4, 0.5) is 4.39 Å². The topological polar surface area (TPSA) is 46.5 Å². The largest absolute Gasteiger partial charge is 0.490 e. The molecule has 0 aromatic heterocycles. The Hall–Kier alpha value is -1.58. The van der Waals surface area contributed by atoms with Gasteiger partial charge in [-0.1, -0.05) is 26.0 Å². The molecule has 4 heteroatoms. The van der Waals surface area contributed by atoms with E-state index in [0.717, 1.165) is 0 Å². The SMILES string of the molecule is CC.CCOc1c(F)cccc1CC(=O)O. The van der Waals surface area contributed by atoms with Gasteiger partial charge in [-0.15, -0.1) is 0 Å². The summed E-state index contributed by atoms with van der Waals surface area (Å²) in [6.07, 6.45) is -0.229. The third kappa shape index (κ3) is 4.29. The second-order valence-corrected chi connectivity index (χ2v) is 2.73. The van der Waals surface area contributed by atoms with Crippen LogP contribution in [0.15, 0.2) is 18.2 Å². The number of carboxylic acid groups (broad SMARTS) is 1. The van der Waals surface area contributed by atoms with E-state index in [4.69, 9.17) is 9.84 Å². The van der Waals surface area contributed by atoms with Crippen molar-refractivity contribution >= 4 is 5.97 Å². The molecule has 0 spiro atoms. The predicted octanol–water partition coefficient (Wildman–Crippen LogP) is 2.88. The highest BCUT2D eigenvalue weighted by Gasteiger charge is 2.11. The molecule has 16 heavy (non-hydrogen) atoms. The first-order valence-corrected chi connectivity index (χ1v) is 5.27. The van der Waals surface area contributed by atoms with Gasteiger partial charge in [0, 0.05) is 5.56 Å². The monoisotopic (exact) mass is 228 g/mol. The van der Waals surface area contributed by atoms with Crippen LogP contribution in [0.5, 0.6) is 5.75 Å². The van der Waals surface area contributed by atoms with Crippen LogP contribution in [0, 0.1) is 5.82 Å². The molecule has 0 saturated heterocycles. The van der Waals surface area contributed by atoms with Gasteiger partial charge in [-0.2, -0.15) is 0 Å². The van der Waals surface area contributed by atoms with Crippen molar-refractivity contribution in [2.45, 2.75) is 27.2 Å². The van der Waals surface area contributed by atoms with Gasteiger partial charge in [-0.25, -0.2) is 4.39 Å². The molecule has 1 rings (SSSR count). The lowest BCUT2D eigenvalue weighted by molar-refractivity contribution is -0.136. The highest BCUT2D eigenvalue weighted by Crippen LogP contribution is 2.22. The molecule has 0 bridgehead atoms. The van der Waals surface area contributed by atoms with Crippen molar-refractivity contribution in [2.24, 2.45) is 0 Å². The van der Waals surface area contributed by atoms with Gasteiger partial charge in [-0.05, 0) is 13.0 Å². The number of para-hydroxylation sites is 1. The van der Waals surface area contributed by atoms with Gasteiger partial charge < -0.3 is 9.84 Å². The molecule has 0 unspecified atom stereocenters. The number of carbonyl (C=O) groups is 1. The molecule has 0 aliphatic rings. The van der Waals surface area contributed by atoms with Gasteiger partial charge in [0.1, 0.15) is 0 Å². The fourth-order valence-corrected chi connectivity index (χ4v) is 1.16. The van der Waals surface area contributed by atoms with Gasteiger partial charge in [0.15, 0.2) is 11.6 Å². The lowest BCUT2D eigenvalue weighted by atomic mass is 10.1. The number of hydrogen-bond acceptors (Lipinski definition) is 2. The molecule has 0 saturated carbocycles. The maximum atomic E-state index is 13.2. The Bertz CT molecular complexity index is 337. The Labute approximate surface area is 94.9 Å². The van der Waals surface area contributed by atoms with E-state index >= 15 is 0 Å². The highest BCUT2D eigenvalue weighted by atomic mass is 19.1. The molecular formula is C12H17FO3. The van der Waals surface area contributed by atoms with Crippen LogP contribution < -0.4 is 4.74 Å². The molecule has 0 amide bonds. The van der Waals surface area contributed by atoms with Crippen molar-refractivity contribution in [3.8, 4) is 5.75 Å². The van der Waals surface area contributed by atoms with Crippen LogP contribution in [0.1, 0.15) is 26.3 Å². The minimum atomic E-state index is -1.00. The molecule has 0 aliphatic carbocycles. The van der Waals surface area contributed by atoms with E-state index < -0.39 is 11.8 Å². The van der Waals surface area contributed by atoms with Crippen LogP contribution >= 0.6 is 0 Å². The smallest absolute Gasteiger partial charge is 0.307 e. The summed E-state index contributed by atoms with van der Waals surface area (Å²) in [5.74, 6) is -1.49. The second-order valence-electron chi connectivity index (χ2n) is 2.73. The molecule has 0 heterocycles. The summed E-state index contributed by atoms with van der Waals surface area (Å²) in [5, 5.41) is 8.57. The van der Waals surface area contributed by atoms with Crippen LogP contribution in [0.3, 0.4) is 0 Å². The number of aliphatic carboxylic acids is 1. The summed E-state index contributed by atoms with van der Waals surface area (Å²) in [5.41, 5.74) is 0.361. The normalized spacial score (nSPS) is 9.00. The molecule has 1 aromatic carbocycles. The lowest BCUT2D eigenvalue weighted by Crippen LogP contribution is -2.05. The zero-order valence-electron chi connectivity index (χ0n) is 9.79. The first-order chi connectivity index (χ1) is 7.65. The minimum Gasteiger partial charge on any atom is -0.490 e. The third-order valence-electron chi connectivity index (χ3n) is 1.68.